The molecule has 1 aliphatic carbocycles. The van der Waals surface area contributed by atoms with E-state index in [1.165, 1.54) is 21.8 Å². The van der Waals surface area contributed by atoms with Gasteiger partial charge in [-0.2, -0.15) is 0 Å². The molecule has 2 aromatic heterocycles. The second-order valence-corrected chi connectivity index (χ2v) is 9.82. The molecule has 3 aromatic rings. The van der Waals surface area contributed by atoms with Crippen molar-refractivity contribution in [2.45, 2.75) is 38.0 Å². The summed E-state index contributed by atoms with van der Waals surface area (Å²) in [7, 11) is 1.98. The van der Waals surface area contributed by atoms with Gasteiger partial charge in [-0.1, -0.05) is 5.10 Å². The Morgan fingerprint density at radius 2 is 2.17 bits per heavy atom. The van der Waals surface area contributed by atoms with Crippen molar-refractivity contribution in [1.29, 1.82) is 0 Å². The molecule has 0 spiro atoms. The van der Waals surface area contributed by atoms with Crippen LogP contribution >= 0.6 is 0 Å². The van der Waals surface area contributed by atoms with Gasteiger partial charge in [0.15, 0.2) is 18.2 Å². The number of fused-ring (bicyclic) bond motifs is 2. The molecule has 1 fully saturated rings. The van der Waals surface area contributed by atoms with Crippen molar-refractivity contribution in [1.82, 2.24) is 35.1 Å². The van der Waals surface area contributed by atoms with Crippen molar-refractivity contribution in [2.24, 2.45) is 0 Å². The molecule has 15 nitrogen and oxygen atoms in total. The highest BCUT2D eigenvalue weighted by atomic mass is 19.1. The SMILES string of the molecule is CN(CCC1CN(c2cnc3c(n2)NC(=O)CO3)C(=O)O1)C1Cc2cc(OCCn3nnnc3N)cc(F)c2C1. The van der Waals surface area contributed by atoms with E-state index in [4.69, 9.17) is 19.9 Å². The van der Waals surface area contributed by atoms with E-state index in [0.29, 0.717) is 50.2 Å². The number of carbonyl (C=O) groups is 2. The Morgan fingerprint density at radius 1 is 1.30 bits per heavy atom. The Labute approximate surface area is 227 Å². The number of nitrogens with one attached hydrogen (secondary N) is 1. The van der Waals surface area contributed by atoms with Crippen LogP contribution in [0.1, 0.15) is 17.5 Å². The lowest BCUT2D eigenvalue weighted by molar-refractivity contribution is -0.118. The van der Waals surface area contributed by atoms with Gasteiger partial charge in [-0.05, 0) is 53.9 Å². The molecule has 0 radical (unpaired) electrons. The van der Waals surface area contributed by atoms with Gasteiger partial charge in [-0.25, -0.2) is 23.8 Å². The highest BCUT2D eigenvalue weighted by Crippen LogP contribution is 2.32. The standard InChI is InChI=1S/C24H27FN10O5/c1-33(3-2-15-11-34(24(37)40-15)19-10-27-22-21(28-19)29-20(36)12-39-22)14-6-13-7-16(9-18(25)17(13)8-14)38-5-4-35-23(26)30-31-32-35/h7,9-10,14-15H,2-6,8,11-12H2,1H3,(H2,26,30,32)(H,28,29,36). The first-order chi connectivity index (χ1) is 19.3. The van der Waals surface area contributed by atoms with Crippen LogP contribution in [-0.2, 0) is 28.9 Å². The minimum absolute atomic E-state index is 0.101. The van der Waals surface area contributed by atoms with Crippen LogP contribution in [0.15, 0.2) is 18.3 Å². The topological polar surface area (TPSA) is 176 Å². The molecule has 3 aliphatic rings. The van der Waals surface area contributed by atoms with Crippen LogP contribution in [0.3, 0.4) is 0 Å². The second kappa shape index (κ2) is 10.5. The second-order valence-electron chi connectivity index (χ2n) is 9.82. The summed E-state index contributed by atoms with van der Waals surface area (Å²) >= 11 is 0. The zero-order valence-electron chi connectivity index (χ0n) is 21.6. The van der Waals surface area contributed by atoms with Gasteiger partial charge >= 0.3 is 6.09 Å². The minimum Gasteiger partial charge on any atom is -0.492 e. The average Bonchev–Trinajstić information content (AvgIpc) is 3.65. The summed E-state index contributed by atoms with van der Waals surface area (Å²) in [6.45, 7) is 1.40. The van der Waals surface area contributed by atoms with E-state index >= 15 is 0 Å². The number of anilines is 3. The number of nitrogen functional groups attached to an aromatic ring is 1. The van der Waals surface area contributed by atoms with E-state index in [-0.39, 0.29) is 60.5 Å². The van der Waals surface area contributed by atoms with E-state index in [2.05, 4.69) is 35.7 Å². The molecular weight excluding hydrogens is 527 g/mol. The van der Waals surface area contributed by atoms with E-state index < -0.39 is 6.09 Å². The largest absolute Gasteiger partial charge is 0.492 e. The molecule has 16 heteroatoms. The molecule has 2 unspecified atom stereocenters. The third-order valence-corrected chi connectivity index (χ3v) is 7.19. The third-order valence-electron chi connectivity index (χ3n) is 7.19. The molecule has 210 valence electrons. The van der Waals surface area contributed by atoms with Crippen molar-refractivity contribution < 1.29 is 28.2 Å². The van der Waals surface area contributed by atoms with Gasteiger partial charge in [0.05, 0.1) is 19.3 Å². The predicted molar refractivity (Wildman–Crippen MR) is 136 cm³/mol. The fourth-order valence-electron chi connectivity index (χ4n) is 5.03. The normalized spacial score (nSPS) is 19.7. The van der Waals surface area contributed by atoms with E-state index in [1.807, 2.05) is 13.1 Å². The van der Waals surface area contributed by atoms with Gasteiger partial charge in [0, 0.05) is 18.7 Å². The molecule has 4 heterocycles. The van der Waals surface area contributed by atoms with Crippen molar-refractivity contribution in [3.05, 3.63) is 35.3 Å². The summed E-state index contributed by atoms with van der Waals surface area (Å²) in [6.07, 6.45) is 2.36. The molecule has 2 amide bonds. The van der Waals surface area contributed by atoms with Gasteiger partial charge in [0.2, 0.25) is 5.95 Å². The molecule has 0 saturated carbocycles. The number of nitrogens with zero attached hydrogens (tertiary/aromatic N) is 8. The number of carbonyl (C=O) groups excluding carboxylic acids is 2. The number of benzene rings is 1. The first kappa shape index (κ1) is 25.7. The van der Waals surface area contributed by atoms with Crippen molar-refractivity contribution in [3.63, 3.8) is 0 Å². The van der Waals surface area contributed by atoms with E-state index in [1.54, 1.807) is 0 Å². The van der Waals surface area contributed by atoms with Crippen LogP contribution in [-0.4, -0.2) is 92.6 Å². The first-order valence-corrected chi connectivity index (χ1v) is 12.8. The number of aromatic nitrogens is 6. The maximum Gasteiger partial charge on any atom is 0.415 e. The molecule has 3 N–H and O–H groups in total. The molecule has 1 saturated heterocycles. The first-order valence-electron chi connectivity index (χ1n) is 12.8. The third kappa shape index (κ3) is 5.16. The van der Waals surface area contributed by atoms with Gasteiger partial charge in [0.25, 0.3) is 11.8 Å². The molecular formula is C24H27FN10O5. The molecule has 2 aliphatic heterocycles. The molecule has 1 aromatic carbocycles. The lowest BCUT2D eigenvalue weighted by Gasteiger charge is -2.25. The minimum atomic E-state index is -0.532. The Kier molecular flexibility index (Phi) is 6.75. The smallest absolute Gasteiger partial charge is 0.415 e. The zero-order chi connectivity index (χ0) is 27.8. The van der Waals surface area contributed by atoms with Crippen LogP contribution in [0.4, 0.5) is 26.8 Å². The predicted octanol–water partition coefficient (Wildman–Crippen LogP) is 0.409. The highest BCUT2D eigenvalue weighted by Gasteiger charge is 2.35. The van der Waals surface area contributed by atoms with Crippen LogP contribution in [0.25, 0.3) is 0 Å². The van der Waals surface area contributed by atoms with Gasteiger partial charge < -0.3 is 30.2 Å². The fraction of sp³-hybridized carbons (Fsp3) is 0.458. The van der Waals surface area contributed by atoms with E-state index in [0.717, 1.165) is 5.56 Å². The monoisotopic (exact) mass is 554 g/mol. The van der Waals surface area contributed by atoms with E-state index in [9.17, 15) is 14.0 Å². The number of amides is 2. The Balaban J connectivity index is 1.01. The summed E-state index contributed by atoms with van der Waals surface area (Å²) < 4.78 is 32.8. The maximum atomic E-state index is 14.9. The van der Waals surface area contributed by atoms with Crippen LogP contribution in [0, 0.1) is 5.82 Å². The number of likely N-dealkylation sites (N-methyl/N-ethyl adjacent to an activating group) is 1. The van der Waals surface area contributed by atoms with Gasteiger partial charge in [0.1, 0.15) is 24.3 Å². The fourth-order valence-corrected chi connectivity index (χ4v) is 5.03. The summed E-state index contributed by atoms with van der Waals surface area (Å²) in [5.74, 6) is 0.644. The van der Waals surface area contributed by atoms with Crippen molar-refractivity contribution in [3.8, 4) is 11.6 Å². The highest BCUT2D eigenvalue weighted by molar-refractivity contribution is 5.94. The Bertz CT molecular complexity index is 1450. The number of cyclic esters (lactones) is 1. The van der Waals surface area contributed by atoms with Crippen LogP contribution < -0.4 is 25.4 Å². The Morgan fingerprint density at radius 3 is 3.00 bits per heavy atom. The van der Waals surface area contributed by atoms with Crippen molar-refractivity contribution in [2.75, 3.05) is 49.3 Å². The summed E-state index contributed by atoms with van der Waals surface area (Å²) in [4.78, 5) is 36.1. The lowest BCUT2D eigenvalue weighted by atomic mass is 10.1. The quantitative estimate of drug-likeness (QED) is 0.373. The number of nitrogens with two attached hydrogens (primary N) is 1. The molecule has 40 heavy (non-hydrogen) atoms. The number of rotatable bonds is 9. The number of hydrogen-bond acceptors (Lipinski definition) is 12. The molecule has 2 atom stereocenters. The number of hydrogen-bond donors (Lipinski definition) is 2. The lowest BCUT2D eigenvalue weighted by Crippen LogP contribution is -2.35. The number of halogens is 1. The van der Waals surface area contributed by atoms with Gasteiger partial charge in [-0.3, -0.25) is 9.69 Å². The summed E-state index contributed by atoms with van der Waals surface area (Å²) in [5.41, 5.74) is 7.25. The van der Waals surface area contributed by atoms with Crippen LogP contribution in [0.2, 0.25) is 0 Å². The van der Waals surface area contributed by atoms with Crippen molar-refractivity contribution >= 4 is 29.6 Å². The van der Waals surface area contributed by atoms with Crippen LogP contribution in [0.5, 0.6) is 11.6 Å². The summed E-state index contributed by atoms with van der Waals surface area (Å²) in [6, 6.07) is 3.38. The maximum absolute atomic E-state index is 14.9. The average molecular weight is 555 g/mol. The Hall–Kier alpha value is -4.60. The zero-order valence-corrected chi connectivity index (χ0v) is 21.6. The number of ether oxygens (including phenoxy) is 3. The number of tetrazole rings is 1. The molecule has 6 rings (SSSR count). The molecule has 0 bridgehead atoms. The van der Waals surface area contributed by atoms with Gasteiger partial charge in [-0.15, -0.1) is 0 Å². The summed E-state index contributed by atoms with van der Waals surface area (Å²) in [5, 5.41) is 13.4.